The molecule has 1 aromatic rings. The fraction of sp³-hybridized carbons (Fsp3) is 0.462. The lowest BCUT2D eigenvalue weighted by molar-refractivity contribution is -0.131. The Morgan fingerprint density at radius 1 is 1.32 bits per heavy atom. The number of nitrogens with zero attached hydrogens (tertiary/aromatic N) is 3. The molecule has 0 aromatic carbocycles. The van der Waals surface area contributed by atoms with Gasteiger partial charge in [0.2, 0.25) is 5.91 Å². The quantitative estimate of drug-likeness (QED) is 0.773. The summed E-state index contributed by atoms with van der Waals surface area (Å²) in [5, 5.41) is 0.259. The molecule has 0 radical (unpaired) electrons. The summed E-state index contributed by atoms with van der Waals surface area (Å²) in [7, 11) is 1.60. The smallest absolute Gasteiger partial charge is 0.254 e. The summed E-state index contributed by atoms with van der Waals surface area (Å²) in [4.78, 5) is 30.9. The van der Waals surface area contributed by atoms with E-state index < -0.39 is 0 Å². The molecule has 0 bridgehead atoms. The maximum Gasteiger partial charge on any atom is 0.254 e. The average Bonchev–Trinajstić information content (AvgIpc) is 2.39. The second-order valence-corrected chi connectivity index (χ2v) is 4.48. The van der Waals surface area contributed by atoms with Crippen LogP contribution in [0.1, 0.15) is 24.2 Å². The minimum atomic E-state index is -0.246. The third-order valence-corrected chi connectivity index (χ3v) is 3.02. The van der Waals surface area contributed by atoms with Crippen molar-refractivity contribution in [1.82, 2.24) is 14.8 Å². The first-order valence-corrected chi connectivity index (χ1v) is 6.52. The Bertz CT molecular complexity index is 461. The summed E-state index contributed by atoms with van der Waals surface area (Å²) >= 11 is 5.74. The van der Waals surface area contributed by atoms with Crippen molar-refractivity contribution in [3.8, 4) is 0 Å². The van der Waals surface area contributed by atoms with Crippen LogP contribution in [0.3, 0.4) is 0 Å². The second kappa shape index (κ2) is 7.09. The van der Waals surface area contributed by atoms with Gasteiger partial charge in [0.1, 0.15) is 5.15 Å². The topological polar surface area (TPSA) is 53.5 Å². The number of halogens is 1. The van der Waals surface area contributed by atoms with E-state index in [1.54, 1.807) is 18.0 Å². The molecule has 0 atom stereocenters. The van der Waals surface area contributed by atoms with Gasteiger partial charge in [-0.2, -0.15) is 0 Å². The molecule has 5 nitrogen and oxygen atoms in total. The zero-order valence-corrected chi connectivity index (χ0v) is 12.1. The molecular weight excluding hydrogens is 266 g/mol. The summed E-state index contributed by atoms with van der Waals surface area (Å²) in [5.41, 5.74) is 0.426. The molecule has 0 aliphatic rings. The molecule has 104 valence electrons. The molecule has 0 N–H and O–H groups in total. The molecule has 0 fully saturated rings. The fourth-order valence-electron chi connectivity index (χ4n) is 1.71. The number of carbonyl (C=O) groups is 2. The zero-order chi connectivity index (χ0) is 14.4. The van der Waals surface area contributed by atoms with Crippen LogP contribution >= 0.6 is 11.6 Å². The molecule has 0 unspecified atom stereocenters. The molecule has 19 heavy (non-hydrogen) atoms. The summed E-state index contributed by atoms with van der Waals surface area (Å²) < 4.78 is 0. The standard InChI is InChI=1S/C13H18ClN3O2/c1-4-17(5-2)12(18)9-16(3)13(19)10-6-7-15-11(14)8-10/h6-8H,4-5,9H2,1-3H3. The molecule has 0 saturated heterocycles. The highest BCUT2D eigenvalue weighted by Crippen LogP contribution is 2.09. The van der Waals surface area contributed by atoms with Crippen molar-refractivity contribution in [2.24, 2.45) is 0 Å². The van der Waals surface area contributed by atoms with Crippen LogP contribution < -0.4 is 0 Å². The van der Waals surface area contributed by atoms with Crippen LogP contribution in [0.2, 0.25) is 5.15 Å². The number of hydrogen-bond donors (Lipinski definition) is 0. The lowest BCUT2D eigenvalue weighted by Crippen LogP contribution is -2.41. The normalized spacial score (nSPS) is 10.1. The van der Waals surface area contributed by atoms with Crippen LogP contribution in [-0.2, 0) is 4.79 Å². The molecule has 2 amide bonds. The Balaban J connectivity index is 2.70. The Labute approximate surface area is 118 Å². The highest BCUT2D eigenvalue weighted by Gasteiger charge is 2.17. The van der Waals surface area contributed by atoms with Crippen molar-refractivity contribution in [1.29, 1.82) is 0 Å². The van der Waals surface area contributed by atoms with Gasteiger partial charge in [-0.15, -0.1) is 0 Å². The Kier molecular flexibility index (Phi) is 5.76. The van der Waals surface area contributed by atoms with E-state index >= 15 is 0 Å². The molecule has 1 rings (SSSR count). The summed E-state index contributed by atoms with van der Waals surface area (Å²) in [5.74, 6) is -0.314. The molecule has 0 saturated carbocycles. The molecule has 0 aliphatic carbocycles. The van der Waals surface area contributed by atoms with Gasteiger partial charge in [-0.3, -0.25) is 9.59 Å². The van der Waals surface area contributed by atoms with Crippen molar-refractivity contribution in [2.45, 2.75) is 13.8 Å². The number of rotatable bonds is 5. The zero-order valence-electron chi connectivity index (χ0n) is 11.4. The maximum atomic E-state index is 12.1. The van der Waals surface area contributed by atoms with Gasteiger partial charge in [0, 0.05) is 31.9 Å². The predicted molar refractivity (Wildman–Crippen MR) is 74.1 cm³/mol. The van der Waals surface area contributed by atoms with Crippen molar-refractivity contribution in [3.05, 3.63) is 29.0 Å². The minimum absolute atomic E-state index is 0.0560. The van der Waals surface area contributed by atoms with Crippen LogP contribution in [0.15, 0.2) is 18.3 Å². The SMILES string of the molecule is CCN(CC)C(=O)CN(C)C(=O)c1ccnc(Cl)c1. The number of pyridine rings is 1. The van der Waals surface area contributed by atoms with Crippen molar-refractivity contribution in [3.63, 3.8) is 0 Å². The van der Waals surface area contributed by atoms with Gasteiger partial charge in [0.05, 0.1) is 6.54 Å². The number of carbonyl (C=O) groups excluding carboxylic acids is 2. The predicted octanol–water partition coefficient (Wildman–Crippen LogP) is 1.68. The number of hydrogen-bond acceptors (Lipinski definition) is 3. The van der Waals surface area contributed by atoms with E-state index in [0.29, 0.717) is 18.7 Å². The summed E-state index contributed by atoms with van der Waals surface area (Å²) in [6.45, 7) is 5.15. The first-order chi connectivity index (χ1) is 8.99. The van der Waals surface area contributed by atoms with Gasteiger partial charge in [0.25, 0.3) is 5.91 Å². The van der Waals surface area contributed by atoms with E-state index in [-0.39, 0.29) is 23.5 Å². The van der Waals surface area contributed by atoms with Gasteiger partial charge in [-0.25, -0.2) is 4.98 Å². The van der Waals surface area contributed by atoms with Crippen molar-refractivity contribution >= 4 is 23.4 Å². The van der Waals surface area contributed by atoms with Gasteiger partial charge < -0.3 is 9.80 Å². The van der Waals surface area contributed by atoms with E-state index in [4.69, 9.17) is 11.6 Å². The lowest BCUT2D eigenvalue weighted by atomic mass is 10.2. The summed E-state index contributed by atoms with van der Waals surface area (Å²) in [6, 6.07) is 3.06. The maximum absolute atomic E-state index is 12.1. The number of aromatic nitrogens is 1. The van der Waals surface area contributed by atoms with Crippen LogP contribution in [0, 0.1) is 0 Å². The Morgan fingerprint density at radius 2 is 1.95 bits per heavy atom. The van der Waals surface area contributed by atoms with Crippen LogP contribution in [0.5, 0.6) is 0 Å². The fourth-order valence-corrected chi connectivity index (χ4v) is 1.88. The van der Waals surface area contributed by atoms with E-state index in [1.807, 2.05) is 13.8 Å². The van der Waals surface area contributed by atoms with Crippen LogP contribution in [0.4, 0.5) is 0 Å². The largest absolute Gasteiger partial charge is 0.342 e. The average molecular weight is 284 g/mol. The Morgan fingerprint density at radius 3 is 2.47 bits per heavy atom. The number of likely N-dealkylation sites (N-methyl/N-ethyl adjacent to an activating group) is 2. The first-order valence-electron chi connectivity index (χ1n) is 6.14. The highest BCUT2D eigenvalue weighted by atomic mass is 35.5. The number of amides is 2. The first kappa shape index (κ1) is 15.4. The second-order valence-electron chi connectivity index (χ2n) is 4.09. The molecule has 0 aliphatic heterocycles. The van der Waals surface area contributed by atoms with Gasteiger partial charge in [-0.1, -0.05) is 11.6 Å². The van der Waals surface area contributed by atoms with Crippen LogP contribution in [0.25, 0.3) is 0 Å². The molecule has 6 heteroatoms. The monoisotopic (exact) mass is 283 g/mol. The van der Waals surface area contributed by atoms with Gasteiger partial charge in [0.15, 0.2) is 0 Å². The lowest BCUT2D eigenvalue weighted by Gasteiger charge is -2.23. The van der Waals surface area contributed by atoms with E-state index in [0.717, 1.165) is 0 Å². The third-order valence-electron chi connectivity index (χ3n) is 2.81. The minimum Gasteiger partial charge on any atom is -0.342 e. The molecule has 1 heterocycles. The van der Waals surface area contributed by atoms with Crippen molar-refractivity contribution in [2.75, 3.05) is 26.7 Å². The summed E-state index contributed by atoms with van der Waals surface area (Å²) in [6.07, 6.45) is 1.47. The van der Waals surface area contributed by atoms with Gasteiger partial charge in [-0.05, 0) is 26.0 Å². The van der Waals surface area contributed by atoms with Crippen molar-refractivity contribution < 1.29 is 9.59 Å². The van der Waals surface area contributed by atoms with E-state index in [2.05, 4.69) is 4.98 Å². The third kappa shape index (κ3) is 4.21. The molecular formula is C13H18ClN3O2. The van der Waals surface area contributed by atoms with E-state index in [1.165, 1.54) is 17.2 Å². The Hall–Kier alpha value is -1.62. The van der Waals surface area contributed by atoms with Gasteiger partial charge >= 0.3 is 0 Å². The highest BCUT2D eigenvalue weighted by molar-refractivity contribution is 6.29. The van der Waals surface area contributed by atoms with Crippen LogP contribution in [-0.4, -0.2) is 53.3 Å². The molecule has 0 spiro atoms. The molecule has 1 aromatic heterocycles. The van der Waals surface area contributed by atoms with E-state index in [9.17, 15) is 9.59 Å².